The first-order chi connectivity index (χ1) is 9.25. The summed E-state index contributed by atoms with van der Waals surface area (Å²) in [6.07, 6.45) is 6.44. The summed E-state index contributed by atoms with van der Waals surface area (Å²) in [5, 5.41) is 0. The molecule has 2 heterocycles. The summed E-state index contributed by atoms with van der Waals surface area (Å²) in [6, 6.07) is 5.62. The molecular weight excluding hydrogens is 353 g/mol. The minimum atomic E-state index is -0.0573. The van der Waals surface area contributed by atoms with Crippen LogP contribution in [0.2, 0.25) is 0 Å². The number of hydrogen-bond acceptors (Lipinski definition) is 3. The molecule has 2 aromatic rings. The average Bonchev–Trinajstić information content (AvgIpc) is 2.96. The third-order valence-corrected chi connectivity index (χ3v) is 4.58. The molecule has 3 rings (SSSR count). The largest absolute Gasteiger partial charge is 0.304 e. The van der Waals surface area contributed by atoms with Crippen molar-refractivity contribution in [2.45, 2.75) is 31.6 Å². The van der Waals surface area contributed by atoms with Crippen LogP contribution in [0.3, 0.4) is 0 Å². The number of halogens is 1. The van der Waals surface area contributed by atoms with Gasteiger partial charge in [0.05, 0.1) is 5.69 Å². The Labute approximate surface area is 124 Å². The van der Waals surface area contributed by atoms with E-state index in [4.69, 9.17) is 0 Å². The molecule has 4 nitrogen and oxygen atoms in total. The Morgan fingerprint density at radius 3 is 2.74 bits per heavy atom. The molecule has 0 bridgehead atoms. The van der Waals surface area contributed by atoms with E-state index < -0.39 is 0 Å². The number of aromatic amines is 1. The zero-order valence-electron chi connectivity index (χ0n) is 10.4. The van der Waals surface area contributed by atoms with Crippen LogP contribution >= 0.6 is 22.6 Å². The first kappa shape index (κ1) is 12.8. The topological polar surface area (TPSA) is 58.6 Å². The molecule has 1 N–H and O–H groups in total. The summed E-state index contributed by atoms with van der Waals surface area (Å²) in [7, 11) is 0. The number of nitrogens with one attached hydrogen (secondary N) is 1. The van der Waals surface area contributed by atoms with Gasteiger partial charge in [0.1, 0.15) is 9.26 Å². The highest BCUT2D eigenvalue weighted by atomic mass is 127. The normalized spacial score (nSPS) is 15.8. The van der Waals surface area contributed by atoms with Gasteiger partial charge >= 0.3 is 0 Å². The fourth-order valence-corrected chi connectivity index (χ4v) is 3.27. The van der Waals surface area contributed by atoms with Gasteiger partial charge in [0.2, 0.25) is 0 Å². The molecule has 0 amide bonds. The lowest BCUT2D eigenvalue weighted by Crippen LogP contribution is -2.18. The van der Waals surface area contributed by atoms with Crippen molar-refractivity contribution in [1.82, 2.24) is 15.0 Å². The lowest BCUT2D eigenvalue weighted by atomic mass is 10.0. The van der Waals surface area contributed by atoms with Crippen molar-refractivity contribution in [3.8, 4) is 11.5 Å². The standard InChI is InChI=1S/C14H14IN3O/c15-11-12(9-5-1-2-6-9)17-13(18-14(11)19)10-7-3-4-8-16-10/h3-4,7-9H,1-2,5-6H2,(H,17,18,19). The minimum absolute atomic E-state index is 0.0573. The fourth-order valence-electron chi connectivity index (χ4n) is 2.57. The van der Waals surface area contributed by atoms with Gasteiger partial charge < -0.3 is 4.98 Å². The van der Waals surface area contributed by atoms with E-state index in [2.05, 4.69) is 37.5 Å². The van der Waals surface area contributed by atoms with Crippen LogP contribution in [-0.2, 0) is 0 Å². The van der Waals surface area contributed by atoms with E-state index in [1.54, 1.807) is 6.20 Å². The quantitative estimate of drug-likeness (QED) is 0.830. The van der Waals surface area contributed by atoms with Gasteiger partial charge in [-0.05, 0) is 47.6 Å². The summed E-state index contributed by atoms with van der Waals surface area (Å²) in [4.78, 5) is 23.8. The van der Waals surface area contributed by atoms with E-state index in [-0.39, 0.29) is 5.56 Å². The van der Waals surface area contributed by atoms with Gasteiger partial charge in [0.15, 0.2) is 5.82 Å². The fraction of sp³-hybridized carbons (Fsp3) is 0.357. The lowest BCUT2D eigenvalue weighted by molar-refractivity contribution is 0.687. The smallest absolute Gasteiger partial charge is 0.264 e. The molecule has 1 aliphatic carbocycles. The van der Waals surface area contributed by atoms with Crippen LogP contribution in [-0.4, -0.2) is 15.0 Å². The first-order valence-electron chi connectivity index (χ1n) is 6.47. The molecular formula is C14H14IN3O. The Hall–Kier alpha value is -1.24. The molecule has 0 atom stereocenters. The number of H-pyrrole nitrogens is 1. The lowest BCUT2D eigenvalue weighted by Gasteiger charge is -2.11. The Morgan fingerprint density at radius 2 is 2.05 bits per heavy atom. The molecule has 1 aliphatic rings. The molecule has 0 aliphatic heterocycles. The number of rotatable bonds is 2. The highest BCUT2D eigenvalue weighted by Crippen LogP contribution is 2.34. The van der Waals surface area contributed by atoms with Gasteiger partial charge in [-0.25, -0.2) is 4.98 Å². The number of aromatic nitrogens is 3. The summed E-state index contributed by atoms with van der Waals surface area (Å²) >= 11 is 2.10. The third-order valence-electron chi connectivity index (χ3n) is 3.54. The maximum Gasteiger partial charge on any atom is 0.264 e. The van der Waals surface area contributed by atoms with Gasteiger partial charge in [-0.1, -0.05) is 18.9 Å². The van der Waals surface area contributed by atoms with Crippen molar-refractivity contribution in [2.24, 2.45) is 0 Å². The molecule has 0 unspecified atom stereocenters. The van der Waals surface area contributed by atoms with Gasteiger partial charge in [-0.3, -0.25) is 9.78 Å². The van der Waals surface area contributed by atoms with Crippen molar-refractivity contribution in [1.29, 1.82) is 0 Å². The number of hydrogen-bond donors (Lipinski definition) is 1. The van der Waals surface area contributed by atoms with Gasteiger partial charge in [-0.2, -0.15) is 0 Å². The van der Waals surface area contributed by atoms with Crippen molar-refractivity contribution < 1.29 is 0 Å². The zero-order valence-corrected chi connectivity index (χ0v) is 12.6. The monoisotopic (exact) mass is 367 g/mol. The Balaban J connectivity index is 2.10. The SMILES string of the molecule is O=c1[nH]c(-c2ccccn2)nc(C2CCCC2)c1I. The second kappa shape index (κ2) is 5.40. The first-order valence-corrected chi connectivity index (χ1v) is 7.54. The average molecular weight is 367 g/mol. The summed E-state index contributed by atoms with van der Waals surface area (Å²) in [5.41, 5.74) is 1.61. The summed E-state index contributed by atoms with van der Waals surface area (Å²) in [6.45, 7) is 0. The maximum atomic E-state index is 12.1. The van der Waals surface area contributed by atoms with E-state index >= 15 is 0 Å². The predicted octanol–water partition coefficient (Wildman–Crippen LogP) is 3.09. The molecule has 0 spiro atoms. The summed E-state index contributed by atoms with van der Waals surface area (Å²) in [5.74, 6) is 1.00. The minimum Gasteiger partial charge on any atom is -0.304 e. The predicted molar refractivity (Wildman–Crippen MR) is 82.0 cm³/mol. The van der Waals surface area contributed by atoms with Crippen LogP contribution in [0.5, 0.6) is 0 Å². The van der Waals surface area contributed by atoms with E-state index in [0.29, 0.717) is 11.7 Å². The van der Waals surface area contributed by atoms with Gasteiger partial charge in [0, 0.05) is 12.1 Å². The number of nitrogens with zero attached hydrogens (tertiary/aromatic N) is 2. The molecule has 1 saturated carbocycles. The molecule has 1 fully saturated rings. The van der Waals surface area contributed by atoms with Crippen molar-refractivity contribution in [3.05, 3.63) is 44.0 Å². The van der Waals surface area contributed by atoms with Crippen LogP contribution in [0.1, 0.15) is 37.3 Å². The molecule has 19 heavy (non-hydrogen) atoms. The van der Waals surface area contributed by atoms with E-state index in [1.807, 2.05) is 18.2 Å². The summed E-state index contributed by atoms with van der Waals surface area (Å²) < 4.78 is 0.726. The molecule has 0 aromatic carbocycles. The molecule has 0 saturated heterocycles. The second-order valence-electron chi connectivity index (χ2n) is 4.81. The van der Waals surface area contributed by atoms with Crippen LogP contribution in [0.15, 0.2) is 29.2 Å². The zero-order chi connectivity index (χ0) is 13.2. The molecule has 98 valence electrons. The third kappa shape index (κ3) is 2.56. The van der Waals surface area contributed by atoms with Crippen LogP contribution in [0.25, 0.3) is 11.5 Å². The van der Waals surface area contributed by atoms with Gasteiger partial charge in [-0.15, -0.1) is 0 Å². The van der Waals surface area contributed by atoms with Crippen LogP contribution in [0.4, 0.5) is 0 Å². The van der Waals surface area contributed by atoms with Gasteiger partial charge in [0.25, 0.3) is 5.56 Å². The second-order valence-corrected chi connectivity index (χ2v) is 5.89. The number of pyridine rings is 1. The van der Waals surface area contributed by atoms with Crippen molar-refractivity contribution >= 4 is 22.6 Å². The van der Waals surface area contributed by atoms with E-state index in [1.165, 1.54) is 12.8 Å². The van der Waals surface area contributed by atoms with Crippen LogP contribution < -0.4 is 5.56 Å². The molecule has 0 radical (unpaired) electrons. The maximum absolute atomic E-state index is 12.1. The Morgan fingerprint density at radius 1 is 1.26 bits per heavy atom. The highest BCUT2D eigenvalue weighted by molar-refractivity contribution is 14.1. The Bertz CT molecular complexity index is 633. The molecule has 2 aromatic heterocycles. The van der Waals surface area contributed by atoms with Crippen LogP contribution in [0, 0.1) is 3.57 Å². The van der Waals surface area contributed by atoms with Crippen molar-refractivity contribution in [2.75, 3.05) is 0 Å². The highest BCUT2D eigenvalue weighted by Gasteiger charge is 2.23. The molecule has 5 heteroatoms. The Kier molecular flexibility index (Phi) is 3.63. The van der Waals surface area contributed by atoms with E-state index in [9.17, 15) is 4.79 Å². The van der Waals surface area contributed by atoms with E-state index in [0.717, 1.165) is 27.8 Å². The van der Waals surface area contributed by atoms with Crippen molar-refractivity contribution in [3.63, 3.8) is 0 Å².